The van der Waals surface area contributed by atoms with Gasteiger partial charge in [-0.05, 0) is 23.1 Å². The van der Waals surface area contributed by atoms with Gasteiger partial charge in [0.15, 0.2) is 0 Å². The average Bonchev–Trinajstić information content (AvgIpc) is 2.80. The first-order chi connectivity index (χ1) is 8.42. The van der Waals surface area contributed by atoms with E-state index in [1.54, 1.807) is 11.3 Å². The standard InChI is InChI=1S/C15H13NS/c1-2-6-12(7-3-1)11-16-15-10-13-8-4-5-9-14(13)17-15/h1-10,16H,11H2. The predicted molar refractivity (Wildman–Crippen MR) is 75.6 cm³/mol. The first-order valence-electron chi connectivity index (χ1n) is 5.68. The highest BCUT2D eigenvalue weighted by Crippen LogP contribution is 2.29. The van der Waals surface area contributed by atoms with Gasteiger partial charge >= 0.3 is 0 Å². The molecule has 0 aliphatic rings. The maximum atomic E-state index is 3.47. The monoisotopic (exact) mass is 239 g/mol. The van der Waals surface area contributed by atoms with E-state index in [0.29, 0.717) is 0 Å². The lowest BCUT2D eigenvalue weighted by Gasteiger charge is -2.02. The molecule has 0 amide bonds. The molecule has 1 heterocycles. The molecule has 0 spiro atoms. The van der Waals surface area contributed by atoms with E-state index in [1.165, 1.54) is 20.7 Å². The fourth-order valence-corrected chi connectivity index (χ4v) is 2.81. The molecule has 0 saturated heterocycles. The molecular weight excluding hydrogens is 226 g/mol. The quantitative estimate of drug-likeness (QED) is 0.709. The molecule has 1 aromatic heterocycles. The SMILES string of the molecule is c1ccc(CNc2cc3ccccc3s2)cc1. The van der Waals surface area contributed by atoms with Gasteiger partial charge in [-0.2, -0.15) is 0 Å². The summed E-state index contributed by atoms with van der Waals surface area (Å²) in [6.07, 6.45) is 0. The summed E-state index contributed by atoms with van der Waals surface area (Å²) in [6.45, 7) is 0.883. The van der Waals surface area contributed by atoms with Crippen LogP contribution in [0.1, 0.15) is 5.56 Å². The molecule has 0 radical (unpaired) electrons. The molecule has 0 bridgehead atoms. The van der Waals surface area contributed by atoms with E-state index in [4.69, 9.17) is 0 Å². The Balaban J connectivity index is 1.77. The number of fused-ring (bicyclic) bond motifs is 1. The highest BCUT2D eigenvalue weighted by atomic mass is 32.1. The molecule has 2 heteroatoms. The first kappa shape index (κ1) is 10.4. The van der Waals surface area contributed by atoms with Crippen LogP contribution in [0.4, 0.5) is 5.00 Å². The minimum atomic E-state index is 0.883. The van der Waals surface area contributed by atoms with Crippen LogP contribution in [-0.2, 0) is 6.54 Å². The van der Waals surface area contributed by atoms with Crippen LogP contribution in [0.2, 0.25) is 0 Å². The molecule has 1 N–H and O–H groups in total. The Labute approximate surface area is 105 Å². The molecule has 3 rings (SSSR count). The van der Waals surface area contributed by atoms with E-state index in [0.717, 1.165) is 6.54 Å². The van der Waals surface area contributed by atoms with Gasteiger partial charge in [-0.15, -0.1) is 11.3 Å². The summed E-state index contributed by atoms with van der Waals surface area (Å²) in [7, 11) is 0. The second-order valence-electron chi connectivity index (χ2n) is 3.99. The molecular formula is C15H13NS. The summed E-state index contributed by atoms with van der Waals surface area (Å²) in [5, 5.41) is 6.01. The Morgan fingerprint density at radius 3 is 2.47 bits per heavy atom. The van der Waals surface area contributed by atoms with Gasteiger partial charge in [0, 0.05) is 11.2 Å². The average molecular weight is 239 g/mol. The van der Waals surface area contributed by atoms with Crippen LogP contribution in [0.3, 0.4) is 0 Å². The van der Waals surface area contributed by atoms with Gasteiger partial charge in [0.1, 0.15) is 0 Å². The number of anilines is 1. The largest absolute Gasteiger partial charge is 0.373 e. The lowest BCUT2D eigenvalue weighted by molar-refractivity contribution is 1.16. The van der Waals surface area contributed by atoms with Crippen LogP contribution < -0.4 is 5.32 Å². The minimum Gasteiger partial charge on any atom is -0.373 e. The molecule has 0 aliphatic heterocycles. The van der Waals surface area contributed by atoms with Crippen molar-refractivity contribution in [1.82, 2.24) is 0 Å². The zero-order valence-electron chi connectivity index (χ0n) is 9.39. The Hall–Kier alpha value is -1.80. The van der Waals surface area contributed by atoms with Crippen LogP contribution >= 0.6 is 11.3 Å². The van der Waals surface area contributed by atoms with Crippen LogP contribution in [0, 0.1) is 0 Å². The second-order valence-corrected chi connectivity index (χ2v) is 5.07. The van der Waals surface area contributed by atoms with Crippen LogP contribution in [0.15, 0.2) is 60.7 Å². The van der Waals surface area contributed by atoms with Crippen LogP contribution in [-0.4, -0.2) is 0 Å². The fourth-order valence-electron chi connectivity index (χ4n) is 1.85. The number of nitrogens with one attached hydrogen (secondary N) is 1. The van der Waals surface area contributed by atoms with Crippen molar-refractivity contribution in [1.29, 1.82) is 0 Å². The van der Waals surface area contributed by atoms with Crippen molar-refractivity contribution in [2.45, 2.75) is 6.54 Å². The molecule has 2 aromatic carbocycles. The molecule has 0 saturated carbocycles. The highest BCUT2D eigenvalue weighted by molar-refractivity contribution is 7.22. The highest BCUT2D eigenvalue weighted by Gasteiger charge is 2.00. The fraction of sp³-hybridized carbons (Fsp3) is 0.0667. The molecule has 3 aromatic rings. The first-order valence-corrected chi connectivity index (χ1v) is 6.50. The van der Waals surface area contributed by atoms with Gasteiger partial charge in [-0.1, -0.05) is 48.5 Å². The van der Waals surface area contributed by atoms with E-state index in [1.807, 2.05) is 6.07 Å². The Bertz CT molecular complexity index is 580. The summed E-state index contributed by atoms with van der Waals surface area (Å²) in [4.78, 5) is 0. The second kappa shape index (κ2) is 4.60. The van der Waals surface area contributed by atoms with Crippen molar-refractivity contribution in [3.05, 3.63) is 66.2 Å². The van der Waals surface area contributed by atoms with Gasteiger partial charge in [0.05, 0.1) is 5.00 Å². The van der Waals surface area contributed by atoms with E-state index >= 15 is 0 Å². The predicted octanol–water partition coefficient (Wildman–Crippen LogP) is 4.51. The van der Waals surface area contributed by atoms with Crippen LogP contribution in [0.5, 0.6) is 0 Å². The van der Waals surface area contributed by atoms with E-state index < -0.39 is 0 Å². The summed E-state index contributed by atoms with van der Waals surface area (Å²) >= 11 is 1.81. The third-order valence-corrected chi connectivity index (χ3v) is 3.81. The van der Waals surface area contributed by atoms with E-state index in [-0.39, 0.29) is 0 Å². The number of benzene rings is 2. The van der Waals surface area contributed by atoms with Crippen molar-refractivity contribution in [3.8, 4) is 0 Å². The van der Waals surface area contributed by atoms with Gasteiger partial charge in [0.25, 0.3) is 0 Å². The van der Waals surface area contributed by atoms with Crippen molar-refractivity contribution >= 4 is 26.4 Å². The third-order valence-electron chi connectivity index (χ3n) is 2.74. The number of thiophene rings is 1. The molecule has 84 valence electrons. The molecule has 0 aliphatic carbocycles. The van der Waals surface area contributed by atoms with Crippen molar-refractivity contribution < 1.29 is 0 Å². The Morgan fingerprint density at radius 1 is 0.882 bits per heavy atom. The lowest BCUT2D eigenvalue weighted by Crippen LogP contribution is -1.96. The Morgan fingerprint density at radius 2 is 1.65 bits per heavy atom. The topological polar surface area (TPSA) is 12.0 Å². The minimum absolute atomic E-state index is 0.883. The molecule has 0 atom stereocenters. The Kier molecular flexibility index (Phi) is 2.80. The van der Waals surface area contributed by atoms with E-state index in [9.17, 15) is 0 Å². The summed E-state index contributed by atoms with van der Waals surface area (Å²) in [5.74, 6) is 0. The van der Waals surface area contributed by atoms with Crippen LogP contribution in [0.25, 0.3) is 10.1 Å². The summed E-state index contributed by atoms with van der Waals surface area (Å²) < 4.78 is 1.34. The van der Waals surface area contributed by atoms with Gasteiger partial charge in [-0.3, -0.25) is 0 Å². The third kappa shape index (κ3) is 2.32. The maximum absolute atomic E-state index is 3.47. The number of hydrogen-bond donors (Lipinski definition) is 1. The number of rotatable bonds is 3. The number of hydrogen-bond acceptors (Lipinski definition) is 2. The van der Waals surface area contributed by atoms with Gasteiger partial charge in [-0.25, -0.2) is 0 Å². The molecule has 0 fully saturated rings. The van der Waals surface area contributed by atoms with Crippen molar-refractivity contribution in [3.63, 3.8) is 0 Å². The smallest absolute Gasteiger partial charge is 0.0897 e. The zero-order valence-corrected chi connectivity index (χ0v) is 10.2. The lowest BCUT2D eigenvalue weighted by atomic mass is 10.2. The van der Waals surface area contributed by atoms with E-state index in [2.05, 4.69) is 59.9 Å². The van der Waals surface area contributed by atoms with Crippen molar-refractivity contribution in [2.24, 2.45) is 0 Å². The summed E-state index contributed by atoms with van der Waals surface area (Å²) in [6, 6.07) is 21.2. The zero-order chi connectivity index (χ0) is 11.5. The molecule has 17 heavy (non-hydrogen) atoms. The normalized spacial score (nSPS) is 10.6. The van der Waals surface area contributed by atoms with Gasteiger partial charge in [0.2, 0.25) is 0 Å². The summed E-state index contributed by atoms with van der Waals surface area (Å²) in [5.41, 5.74) is 1.31. The van der Waals surface area contributed by atoms with Gasteiger partial charge < -0.3 is 5.32 Å². The van der Waals surface area contributed by atoms with Crippen molar-refractivity contribution in [2.75, 3.05) is 5.32 Å². The molecule has 0 unspecified atom stereocenters. The maximum Gasteiger partial charge on any atom is 0.0897 e. The molecule has 1 nitrogen and oxygen atoms in total.